The van der Waals surface area contributed by atoms with Crippen molar-refractivity contribution in [1.29, 1.82) is 0 Å². The van der Waals surface area contributed by atoms with Gasteiger partial charge in [0.1, 0.15) is 5.75 Å². The van der Waals surface area contributed by atoms with Crippen LogP contribution in [0.4, 0.5) is 0 Å². The van der Waals surface area contributed by atoms with Gasteiger partial charge in [-0.25, -0.2) is 0 Å². The Bertz CT molecular complexity index is 702. The van der Waals surface area contributed by atoms with Crippen LogP contribution in [0.1, 0.15) is 29.9 Å². The number of methoxy groups -OCH3 is 1. The fourth-order valence-corrected chi connectivity index (χ4v) is 3.39. The molecule has 0 radical (unpaired) electrons. The maximum absolute atomic E-state index is 12.9. The Labute approximate surface area is 143 Å². The minimum absolute atomic E-state index is 0.0196. The summed E-state index contributed by atoms with van der Waals surface area (Å²) < 4.78 is 5.26. The van der Waals surface area contributed by atoms with Gasteiger partial charge in [-0.1, -0.05) is 42.5 Å². The number of nitrogens with two attached hydrogens (primary N) is 1. The highest BCUT2D eigenvalue weighted by Crippen LogP contribution is 2.29. The van der Waals surface area contributed by atoms with Crippen LogP contribution >= 0.6 is 0 Å². The smallest absolute Gasteiger partial charge is 0.229 e. The number of rotatable bonds is 4. The molecule has 4 nitrogen and oxygen atoms in total. The zero-order chi connectivity index (χ0) is 17.1. The topological polar surface area (TPSA) is 55.6 Å². The quantitative estimate of drug-likeness (QED) is 0.941. The first kappa shape index (κ1) is 16.5. The molecule has 2 N–H and O–H groups in total. The number of hydrogen-bond acceptors (Lipinski definition) is 3. The van der Waals surface area contributed by atoms with E-state index in [0.717, 1.165) is 11.3 Å². The first-order chi connectivity index (χ1) is 11.6. The highest BCUT2D eigenvalue weighted by atomic mass is 16.5. The summed E-state index contributed by atoms with van der Waals surface area (Å²) in [7, 11) is 1.63. The van der Waals surface area contributed by atoms with Crippen LogP contribution in [0, 0.1) is 0 Å². The number of carbonyl (C=O) groups excluding carboxylic acids is 1. The van der Waals surface area contributed by atoms with Gasteiger partial charge in [-0.3, -0.25) is 4.79 Å². The summed E-state index contributed by atoms with van der Waals surface area (Å²) in [5.74, 6) is 0.888. The van der Waals surface area contributed by atoms with Gasteiger partial charge in [0.15, 0.2) is 0 Å². The second-order valence-corrected chi connectivity index (χ2v) is 6.42. The summed E-state index contributed by atoms with van der Waals surface area (Å²) in [5, 5.41) is 0. The minimum Gasteiger partial charge on any atom is -0.497 e. The molecule has 1 aliphatic rings. The van der Waals surface area contributed by atoms with Gasteiger partial charge in [-0.05, 0) is 30.2 Å². The van der Waals surface area contributed by atoms with Crippen LogP contribution in [0.5, 0.6) is 5.75 Å². The van der Waals surface area contributed by atoms with Gasteiger partial charge in [0, 0.05) is 25.0 Å². The lowest BCUT2D eigenvalue weighted by molar-refractivity contribution is -0.131. The molecule has 2 aromatic rings. The minimum atomic E-state index is -0.207. The molecule has 2 aromatic carbocycles. The van der Waals surface area contributed by atoms with E-state index in [4.69, 9.17) is 10.5 Å². The predicted octanol–water partition coefficient (Wildman–Crippen LogP) is 2.75. The first-order valence-corrected chi connectivity index (χ1v) is 8.33. The fourth-order valence-electron chi connectivity index (χ4n) is 3.39. The van der Waals surface area contributed by atoms with E-state index in [1.807, 2.05) is 54.3 Å². The van der Waals surface area contributed by atoms with Crippen molar-refractivity contribution >= 4 is 5.91 Å². The van der Waals surface area contributed by atoms with Gasteiger partial charge in [0.25, 0.3) is 0 Å². The highest BCUT2D eigenvalue weighted by molar-refractivity contribution is 5.84. The van der Waals surface area contributed by atoms with Crippen molar-refractivity contribution in [3.63, 3.8) is 0 Å². The maximum Gasteiger partial charge on any atom is 0.229 e. The Morgan fingerprint density at radius 1 is 1.17 bits per heavy atom. The molecule has 1 aliphatic heterocycles. The molecule has 1 unspecified atom stereocenters. The lowest BCUT2D eigenvalue weighted by Gasteiger charge is -2.21. The second-order valence-electron chi connectivity index (χ2n) is 6.42. The molecule has 1 fully saturated rings. The van der Waals surface area contributed by atoms with Gasteiger partial charge >= 0.3 is 0 Å². The summed E-state index contributed by atoms with van der Waals surface area (Å²) in [6.07, 6.45) is 0. The van der Waals surface area contributed by atoms with E-state index in [2.05, 4.69) is 12.1 Å². The molecule has 4 heteroatoms. The van der Waals surface area contributed by atoms with Crippen molar-refractivity contribution in [2.75, 3.05) is 20.2 Å². The predicted molar refractivity (Wildman–Crippen MR) is 95.1 cm³/mol. The van der Waals surface area contributed by atoms with E-state index >= 15 is 0 Å². The zero-order valence-electron chi connectivity index (χ0n) is 14.2. The van der Waals surface area contributed by atoms with E-state index < -0.39 is 0 Å². The molecule has 0 aliphatic carbocycles. The third kappa shape index (κ3) is 3.29. The van der Waals surface area contributed by atoms with Crippen LogP contribution in [0.15, 0.2) is 54.6 Å². The van der Waals surface area contributed by atoms with Crippen molar-refractivity contribution in [1.82, 2.24) is 4.90 Å². The van der Waals surface area contributed by atoms with Crippen LogP contribution in [0.3, 0.4) is 0 Å². The van der Waals surface area contributed by atoms with Gasteiger partial charge < -0.3 is 15.4 Å². The molecule has 0 aromatic heterocycles. The Morgan fingerprint density at radius 3 is 2.62 bits per heavy atom. The van der Waals surface area contributed by atoms with Crippen LogP contribution < -0.4 is 10.5 Å². The monoisotopic (exact) mass is 324 g/mol. The lowest BCUT2D eigenvalue weighted by atomic mass is 9.95. The lowest BCUT2D eigenvalue weighted by Crippen LogP contribution is -2.34. The average molecular weight is 324 g/mol. The first-order valence-electron chi connectivity index (χ1n) is 8.33. The van der Waals surface area contributed by atoms with Gasteiger partial charge in [-0.15, -0.1) is 0 Å². The van der Waals surface area contributed by atoms with Gasteiger partial charge in [-0.2, -0.15) is 0 Å². The summed E-state index contributed by atoms with van der Waals surface area (Å²) in [6, 6.07) is 17.9. The molecule has 24 heavy (non-hydrogen) atoms. The van der Waals surface area contributed by atoms with Gasteiger partial charge in [0.2, 0.25) is 5.91 Å². The number of amides is 1. The number of nitrogens with zero attached hydrogens (tertiary/aromatic N) is 1. The number of carbonyl (C=O) groups is 1. The third-order valence-electron chi connectivity index (χ3n) is 4.87. The molecular weight excluding hydrogens is 300 g/mol. The van der Waals surface area contributed by atoms with E-state index in [1.54, 1.807) is 7.11 Å². The normalized spacial score (nSPS) is 21.5. The van der Waals surface area contributed by atoms with Crippen LogP contribution in [0.2, 0.25) is 0 Å². The molecule has 0 saturated carbocycles. The summed E-state index contributed by atoms with van der Waals surface area (Å²) in [4.78, 5) is 14.8. The van der Waals surface area contributed by atoms with Crippen molar-refractivity contribution in [3.05, 3.63) is 65.7 Å². The second kappa shape index (κ2) is 7.05. The van der Waals surface area contributed by atoms with Crippen molar-refractivity contribution < 1.29 is 9.53 Å². The molecule has 3 atom stereocenters. The highest BCUT2D eigenvalue weighted by Gasteiger charge is 2.35. The Balaban J connectivity index is 1.73. The zero-order valence-corrected chi connectivity index (χ0v) is 14.2. The average Bonchev–Trinajstić information content (AvgIpc) is 3.03. The van der Waals surface area contributed by atoms with E-state index in [1.165, 1.54) is 5.56 Å². The van der Waals surface area contributed by atoms with Crippen molar-refractivity contribution in [2.24, 2.45) is 5.73 Å². The molecule has 1 amide bonds. The summed E-state index contributed by atoms with van der Waals surface area (Å²) in [6.45, 7) is 3.23. The van der Waals surface area contributed by atoms with Crippen LogP contribution in [0.25, 0.3) is 0 Å². The molecule has 1 saturated heterocycles. The summed E-state index contributed by atoms with van der Waals surface area (Å²) >= 11 is 0. The standard InChI is InChI=1S/C20H24N2O2/c1-14(16-9-6-10-17(11-16)24-2)20(23)22-12-18(19(21)13-22)15-7-4-3-5-8-15/h3-11,14,18-19H,12-13,21H2,1-2H3/t14?,18-,19+/m0/s1. The van der Waals surface area contributed by atoms with Crippen LogP contribution in [-0.4, -0.2) is 37.0 Å². The molecule has 0 bridgehead atoms. The van der Waals surface area contributed by atoms with E-state index in [-0.39, 0.29) is 23.8 Å². The molecule has 126 valence electrons. The molecule has 1 heterocycles. The molecule has 0 spiro atoms. The SMILES string of the molecule is COc1cccc(C(C)C(=O)N2C[C@@H](N)[C@H](c3ccccc3)C2)c1. The largest absolute Gasteiger partial charge is 0.497 e. The van der Waals surface area contributed by atoms with Crippen LogP contribution in [-0.2, 0) is 4.79 Å². The number of likely N-dealkylation sites (tertiary alicyclic amines) is 1. The third-order valence-corrected chi connectivity index (χ3v) is 4.87. The number of benzene rings is 2. The van der Waals surface area contributed by atoms with Crippen molar-refractivity contribution in [3.8, 4) is 5.75 Å². The van der Waals surface area contributed by atoms with Crippen molar-refractivity contribution in [2.45, 2.75) is 24.8 Å². The van der Waals surface area contributed by atoms with E-state index in [0.29, 0.717) is 13.1 Å². The summed E-state index contributed by atoms with van der Waals surface area (Å²) in [5.41, 5.74) is 8.48. The fraction of sp³-hybridized carbons (Fsp3) is 0.350. The Hall–Kier alpha value is -2.33. The van der Waals surface area contributed by atoms with Gasteiger partial charge in [0.05, 0.1) is 13.0 Å². The maximum atomic E-state index is 12.9. The Kier molecular flexibility index (Phi) is 4.86. The number of hydrogen-bond donors (Lipinski definition) is 1. The Morgan fingerprint density at radius 2 is 1.92 bits per heavy atom. The molecular formula is C20H24N2O2. The molecule has 3 rings (SSSR count). The number of ether oxygens (including phenoxy) is 1. The van der Waals surface area contributed by atoms with E-state index in [9.17, 15) is 4.79 Å².